The Morgan fingerprint density at radius 3 is 1.30 bits per heavy atom. The molecule has 688 valence electrons. The largest absolute Gasteiger partial charge is 0.490 e. The van der Waals surface area contributed by atoms with Crippen LogP contribution in [0.1, 0.15) is 172 Å². The van der Waals surface area contributed by atoms with E-state index in [0.717, 1.165) is 203 Å². The number of anilines is 2. The lowest BCUT2D eigenvalue weighted by atomic mass is 9.63. The molecule has 4 saturated heterocycles. The first-order valence-corrected chi connectivity index (χ1v) is 51.3. The fourth-order valence-corrected chi connectivity index (χ4v) is 26.5. The molecule has 12 aliphatic rings. The molecule has 14 atom stereocenters. The highest BCUT2D eigenvalue weighted by molar-refractivity contribution is 7.91. The first kappa shape index (κ1) is 92.0. The molecule has 4 aliphatic carbocycles. The van der Waals surface area contributed by atoms with Crippen LogP contribution in [-0.4, -0.2) is 249 Å². The van der Waals surface area contributed by atoms with E-state index in [0.29, 0.717) is 87.7 Å². The van der Waals surface area contributed by atoms with E-state index in [1.807, 2.05) is 76.6 Å². The topological polar surface area (TPSA) is 223 Å². The third kappa shape index (κ3) is 19.8. The average Bonchev–Trinajstić information content (AvgIpc) is 1.71. The number of fused-ring (bicyclic) bond motifs is 10. The van der Waals surface area contributed by atoms with Crippen LogP contribution in [0.3, 0.4) is 0 Å². The van der Waals surface area contributed by atoms with E-state index in [9.17, 15) is 36.0 Å². The minimum atomic E-state index is -4.00. The summed E-state index contributed by atoms with van der Waals surface area (Å²) in [5.41, 5.74) is 7.95. The first-order chi connectivity index (χ1) is 61.7. The van der Waals surface area contributed by atoms with Crippen molar-refractivity contribution < 1.29 is 55.0 Å². The smallest absolute Gasteiger partial charge is 0.264 e. The van der Waals surface area contributed by atoms with Gasteiger partial charge in [-0.3, -0.25) is 38.8 Å². The second kappa shape index (κ2) is 39.1. The number of hydrogen-bond donors (Lipinski definition) is 2. The number of nitrogens with one attached hydrogen (secondary N) is 2. The van der Waals surface area contributed by atoms with Crippen LogP contribution < -0.4 is 28.7 Å². The lowest BCUT2D eigenvalue weighted by Gasteiger charge is -2.53. The van der Waals surface area contributed by atoms with E-state index < -0.39 is 53.6 Å². The molecule has 0 unspecified atom stereocenters. The van der Waals surface area contributed by atoms with Gasteiger partial charge in [-0.05, 0) is 246 Å². The van der Waals surface area contributed by atoms with Crippen LogP contribution in [0.2, 0.25) is 10.0 Å². The normalized spacial score (nSPS) is 31.3. The van der Waals surface area contributed by atoms with Gasteiger partial charge in [0.05, 0.1) is 35.1 Å². The van der Waals surface area contributed by atoms with Crippen molar-refractivity contribution in [2.45, 2.75) is 188 Å². The highest BCUT2D eigenvalue weighted by atomic mass is 35.5. The van der Waals surface area contributed by atoms with E-state index in [-0.39, 0.29) is 70.2 Å². The van der Waals surface area contributed by atoms with Gasteiger partial charge in [0.15, 0.2) is 0 Å². The second-order valence-corrected chi connectivity index (χ2v) is 44.5. The van der Waals surface area contributed by atoms with Crippen molar-refractivity contribution in [3.8, 4) is 11.5 Å². The number of carbonyl (C=O) groups excluding carboxylic acids is 4. The quantitative estimate of drug-likeness (QED) is 0.0967. The fraction of sp³-hybridized carbons (Fsp3) is 0.569. The molecule has 0 aromatic heterocycles. The lowest BCUT2D eigenvalue weighted by Crippen LogP contribution is -2.65. The third-order valence-corrected chi connectivity index (χ3v) is 36.1. The maximum absolute atomic E-state index is 13.8. The SMILES string of the molecule is CO[C@@]1(CN2CCN3CCN(C(=O)CCCc4ccccc4)C[C@@H]3C2)/C=C/C[C@H](C)[C@@H](C)S(=O)(=O)NC(=O)c2ccc3c(c2)N(C[C@@H]2CC[C@H]21)C[C@@]1(CCCc2cc(Cl)ccc21)CO3.CO[C@@]1(CN2CCN3CCN(C(=O)CCCc4ccccc4)C[C@H]3C2)/C=C/C[C@H](C)[C@@H](C)S(=O)(=O)NC(=O)c2ccc3c(c2)N(C[C@@H]2CC[C@H]21)C[C@@]1(CCCc2cc(Cl)ccc21)CO3. The van der Waals surface area contributed by atoms with E-state index in [1.54, 1.807) is 26.0 Å². The second-order valence-electron chi connectivity index (χ2n) is 39.6. The van der Waals surface area contributed by atoms with Crippen molar-refractivity contribution in [1.29, 1.82) is 0 Å². The van der Waals surface area contributed by atoms with Crippen LogP contribution in [0.15, 0.2) is 158 Å². The van der Waals surface area contributed by atoms with Crippen LogP contribution in [0.4, 0.5) is 11.4 Å². The van der Waals surface area contributed by atoms with Gasteiger partial charge in [0.2, 0.25) is 31.9 Å². The maximum Gasteiger partial charge on any atom is 0.264 e. The van der Waals surface area contributed by atoms with Crippen molar-refractivity contribution in [3.05, 3.63) is 212 Å². The number of amides is 4. The summed E-state index contributed by atoms with van der Waals surface area (Å²) in [7, 11) is -4.32. The first-order valence-electron chi connectivity index (χ1n) is 47.5. The molecule has 2 spiro atoms. The van der Waals surface area contributed by atoms with Gasteiger partial charge in [0.1, 0.15) is 22.7 Å². The number of aryl methyl sites for hydroxylation is 4. The van der Waals surface area contributed by atoms with Crippen molar-refractivity contribution in [2.24, 2.45) is 35.5 Å². The van der Waals surface area contributed by atoms with E-state index in [4.69, 9.17) is 42.1 Å². The third-order valence-electron chi connectivity index (χ3n) is 31.8. The number of nitrogens with zero attached hydrogens (tertiary/aromatic N) is 8. The molecule has 2 saturated carbocycles. The van der Waals surface area contributed by atoms with Gasteiger partial charge in [-0.2, -0.15) is 0 Å². The maximum atomic E-state index is 13.8. The molecule has 6 aromatic rings. The zero-order valence-corrected chi connectivity index (χ0v) is 78.8. The molecule has 22 nitrogen and oxygen atoms in total. The predicted octanol–water partition coefficient (Wildman–Crippen LogP) is 14.2. The van der Waals surface area contributed by atoms with Gasteiger partial charge in [0.25, 0.3) is 11.8 Å². The van der Waals surface area contributed by atoms with Gasteiger partial charge >= 0.3 is 0 Å². The molecule has 6 fully saturated rings. The zero-order valence-electron chi connectivity index (χ0n) is 75.7. The van der Waals surface area contributed by atoms with Gasteiger partial charge in [0, 0.05) is 189 Å². The molecule has 2 N–H and O–H groups in total. The predicted molar refractivity (Wildman–Crippen MR) is 505 cm³/mol. The molecule has 0 radical (unpaired) electrons. The van der Waals surface area contributed by atoms with Crippen LogP contribution >= 0.6 is 23.2 Å². The minimum absolute atomic E-state index is 0.192. The number of rotatable bonds is 14. The van der Waals surface area contributed by atoms with Crippen LogP contribution in [0.5, 0.6) is 11.5 Å². The Kier molecular flexibility index (Phi) is 28.1. The summed E-state index contributed by atoms with van der Waals surface area (Å²) < 4.78 is 87.1. The van der Waals surface area contributed by atoms with Crippen LogP contribution in [0, 0.1) is 35.5 Å². The molecule has 8 aliphatic heterocycles. The number of allylic oxidation sites excluding steroid dienone is 2. The molecule has 8 heterocycles. The zero-order chi connectivity index (χ0) is 89.3. The molecule has 128 heavy (non-hydrogen) atoms. The fourth-order valence-electron chi connectivity index (χ4n) is 23.6. The molecule has 4 bridgehead atoms. The number of benzene rings is 6. The van der Waals surface area contributed by atoms with Gasteiger partial charge < -0.3 is 38.5 Å². The van der Waals surface area contributed by atoms with E-state index >= 15 is 0 Å². The molecule has 18 rings (SSSR count). The summed E-state index contributed by atoms with van der Waals surface area (Å²) in [5, 5.41) is -0.156. The van der Waals surface area contributed by atoms with Crippen LogP contribution in [-0.2, 0) is 75.6 Å². The van der Waals surface area contributed by atoms with E-state index in [2.05, 4.69) is 146 Å². The van der Waals surface area contributed by atoms with Gasteiger partial charge in [-0.25, -0.2) is 26.3 Å². The summed E-state index contributed by atoms with van der Waals surface area (Å²) in [6.45, 7) is 22.7. The number of sulfonamides is 2. The Morgan fingerprint density at radius 1 is 0.492 bits per heavy atom. The summed E-state index contributed by atoms with van der Waals surface area (Å²) in [6, 6.07) is 44.6. The summed E-state index contributed by atoms with van der Waals surface area (Å²) in [5.74, 6) is 1.06. The standard InChI is InChI=1S/2C51H66ClN5O6S/c2*1-36-10-8-23-51(62-3,34-54-24-25-55-26-27-56(32-43(55)31-54)48(58)15-7-13-38-11-5-4-6-12-38)45-19-16-41(45)30-57-33-50(22-9-14-39-28-42(52)18-20-44(39)50)35-63-47-21-17-40(29-46(47)57)49(59)53-64(60,61)37(36)2/h2*4-6,8,11-12,17-18,20-21,23,28-29,36-37,41,43,45H,7,9-10,13-16,19,22,24-27,30-35H2,1-3H3,(H,53,59)/b2*23-8+/t36-,37+,41-,43+,45+,50-,51+;36-,37+,41-,43-,45+,50-,51+/m00/s1. The Hall–Kier alpha value is -7.88. The number of piperazine rings is 4. The van der Waals surface area contributed by atoms with E-state index in [1.165, 1.54) is 33.4 Å². The lowest BCUT2D eigenvalue weighted by molar-refractivity contribution is -0.137. The summed E-state index contributed by atoms with van der Waals surface area (Å²) >= 11 is 13.1. The molecule has 26 heteroatoms. The molecule has 6 aromatic carbocycles. The molecular weight excluding hydrogens is 1690 g/mol. The summed E-state index contributed by atoms with van der Waals surface area (Å²) in [6.07, 6.45) is 24.4. The highest BCUT2D eigenvalue weighted by Gasteiger charge is 2.54. The number of methoxy groups -OCH3 is 2. The van der Waals surface area contributed by atoms with Crippen molar-refractivity contribution >= 4 is 78.3 Å². The van der Waals surface area contributed by atoms with Crippen molar-refractivity contribution in [3.63, 3.8) is 0 Å². The Morgan fingerprint density at radius 2 is 0.906 bits per heavy atom. The minimum Gasteiger partial charge on any atom is -0.490 e. The van der Waals surface area contributed by atoms with Gasteiger partial charge in [-0.1, -0.05) is 134 Å². The number of hydrogen-bond acceptors (Lipinski definition) is 18. The highest BCUT2D eigenvalue weighted by Crippen LogP contribution is 2.53. The Bertz CT molecular complexity index is 4980. The molecule has 4 amide bonds. The Balaban J connectivity index is 0.000000180. The average molecular weight is 1830 g/mol. The number of carbonyl (C=O) groups is 4. The monoisotopic (exact) mass is 1820 g/mol. The Labute approximate surface area is 769 Å². The van der Waals surface area contributed by atoms with Crippen molar-refractivity contribution in [1.82, 2.24) is 38.8 Å². The number of halogens is 2. The van der Waals surface area contributed by atoms with Crippen LogP contribution in [0.25, 0.3) is 0 Å². The van der Waals surface area contributed by atoms with Crippen molar-refractivity contribution in [2.75, 3.05) is 155 Å². The number of ether oxygens (including phenoxy) is 4. The summed E-state index contributed by atoms with van der Waals surface area (Å²) in [4.78, 5) is 73.9. The molecular formula is C102H132Cl2N10O12S2. The van der Waals surface area contributed by atoms with Gasteiger partial charge in [-0.15, -0.1) is 0 Å².